The van der Waals surface area contributed by atoms with E-state index >= 15 is 0 Å². The van der Waals surface area contributed by atoms with Crippen LogP contribution in [0, 0.1) is 11.8 Å². The minimum absolute atomic E-state index is 0. The Morgan fingerprint density at radius 1 is 1.03 bits per heavy atom. The maximum Gasteiger partial charge on any atom is 0.251 e. The standard InChI is InChI=1S/C22H34N4O.2ClH/c1-25-9-11-26(12-10-25)15-16-5-7-17(8-6-16)22(27)24-21-18-3-2-4-19(21)14-20(23)13-18;;/h5-8,18-21H,2-4,9-15,23H2,1H3,(H,24,27);2*1H. The first-order valence-electron chi connectivity index (χ1n) is 10.6. The molecule has 1 aliphatic heterocycles. The SMILES string of the molecule is CN1CCN(Cc2ccc(C(=O)NC3C4CCCC3CC(N)C4)cc2)CC1.Cl.Cl. The molecular weight excluding hydrogens is 407 g/mol. The van der Waals surface area contributed by atoms with E-state index in [1.807, 2.05) is 12.1 Å². The number of hydrogen-bond acceptors (Lipinski definition) is 4. The van der Waals surface area contributed by atoms with Gasteiger partial charge in [0.2, 0.25) is 0 Å². The fraction of sp³-hybridized carbons (Fsp3) is 0.682. The van der Waals surface area contributed by atoms with E-state index in [4.69, 9.17) is 5.73 Å². The average molecular weight is 443 g/mol. The van der Waals surface area contributed by atoms with Gasteiger partial charge in [-0.2, -0.15) is 0 Å². The maximum atomic E-state index is 12.8. The molecule has 1 aromatic carbocycles. The normalized spacial score (nSPS) is 30.0. The van der Waals surface area contributed by atoms with Crippen LogP contribution in [0.2, 0.25) is 0 Å². The molecule has 29 heavy (non-hydrogen) atoms. The third-order valence-corrected chi connectivity index (χ3v) is 6.89. The Labute approximate surface area is 187 Å². The Morgan fingerprint density at radius 3 is 2.21 bits per heavy atom. The van der Waals surface area contributed by atoms with Gasteiger partial charge in [0.05, 0.1) is 0 Å². The number of nitrogens with one attached hydrogen (secondary N) is 1. The fourth-order valence-electron chi connectivity index (χ4n) is 5.29. The van der Waals surface area contributed by atoms with Gasteiger partial charge in [0.1, 0.15) is 0 Å². The minimum atomic E-state index is 0. The lowest BCUT2D eigenvalue weighted by atomic mass is 9.67. The van der Waals surface area contributed by atoms with Crippen LogP contribution in [-0.4, -0.2) is 61.0 Å². The van der Waals surface area contributed by atoms with Crippen LogP contribution in [0.25, 0.3) is 0 Å². The average Bonchev–Trinajstić information content (AvgIpc) is 2.65. The summed E-state index contributed by atoms with van der Waals surface area (Å²) in [5.74, 6) is 1.21. The van der Waals surface area contributed by atoms with Gasteiger partial charge in [-0.05, 0) is 62.3 Å². The number of halogens is 2. The zero-order valence-corrected chi connectivity index (χ0v) is 19.0. The van der Waals surface area contributed by atoms with Crippen LogP contribution in [0.15, 0.2) is 24.3 Å². The molecule has 3 fully saturated rings. The van der Waals surface area contributed by atoms with Crippen molar-refractivity contribution in [1.29, 1.82) is 0 Å². The van der Waals surface area contributed by atoms with Crippen molar-refractivity contribution >= 4 is 30.7 Å². The summed E-state index contributed by atoms with van der Waals surface area (Å²) in [6.07, 6.45) is 5.82. The van der Waals surface area contributed by atoms with Gasteiger partial charge in [0, 0.05) is 50.4 Å². The number of amides is 1. The van der Waals surface area contributed by atoms with Gasteiger partial charge in [-0.1, -0.05) is 18.6 Å². The van der Waals surface area contributed by atoms with E-state index in [-0.39, 0.29) is 30.7 Å². The first-order valence-corrected chi connectivity index (χ1v) is 10.6. The van der Waals surface area contributed by atoms with Crippen molar-refractivity contribution < 1.29 is 4.79 Å². The number of nitrogens with zero attached hydrogens (tertiary/aromatic N) is 2. The topological polar surface area (TPSA) is 61.6 Å². The highest BCUT2D eigenvalue weighted by Crippen LogP contribution is 2.39. The molecule has 2 saturated carbocycles. The Bertz CT molecular complexity index is 635. The number of hydrogen-bond donors (Lipinski definition) is 2. The van der Waals surface area contributed by atoms with Crippen molar-refractivity contribution in [3.05, 3.63) is 35.4 Å². The van der Waals surface area contributed by atoms with E-state index in [1.165, 1.54) is 24.8 Å². The van der Waals surface area contributed by atoms with Crippen molar-refractivity contribution in [3.8, 4) is 0 Å². The summed E-state index contributed by atoms with van der Waals surface area (Å²) in [5.41, 5.74) is 8.28. The molecule has 2 atom stereocenters. The summed E-state index contributed by atoms with van der Waals surface area (Å²) in [6, 6.07) is 8.85. The zero-order chi connectivity index (χ0) is 18.8. The number of rotatable bonds is 4. The highest BCUT2D eigenvalue weighted by Gasteiger charge is 2.39. The van der Waals surface area contributed by atoms with Gasteiger partial charge in [0.15, 0.2) is 0 Å². The zero-order valence-electron chi connectivity index (χ0n) is 17.4. The largest absolute Gasteiger partial charge is 0.349 e. The molecular formula is C22H36Cl2N4O. The number of carbonyl (C=O) groups is 1. The molecule has 5 nitrogen and oxygen atoms in total. The second-order valence-corrected chi connectivity index (χ2v) is 8.96. The van der Waals surface area contributed by atoms with Gasteiger partial charge >= 0.3 is 0 Å². The Morgan fingerprint density at radius 2 is 1.62 bits per heavy atom. The van der Waals surface area contributed by atoms with Crippen molar-refractivity contribution in [2.45, 2.75) is 50.7 Å². The van der Waals surface area contributed by atoms with Crippen molar-refractivity contribution in [2.75, 3.05) is 33.2 Å². The highest BCUT2D eigenvalue weighted by molar-refractivity contribution is 5.94. The summed E-state index contributed by atoms with van der Waals surface area (Å²) in [6.45, 7) is 5.47. The van der Waals surface area contributed by atoms with Crippen LogP contribution >= 0.6 is 24.8 Å². The third-order valence-electron chi connectivity index (χ3n) is 6.89. The lowest BCUT2D eigenvalue weighted by molar-refractivity contribution is 0.0756. The smallest absolute Gasteiger partial charge is 0.251 e. The second kappa shape index (κ2) is 11.0. The fourth-order valence-corrected chi connectivity index (χ4v) is 5.29. The quantitative estimate of drug-likeness (QED) is 0.752. The highest BCUT2D eigenvalue weighted by atomic mass is 35.5. The Kier molecular flexibility index (Phi) is 9.23. The molecule has 164 valence electrons. The molecule has 1 amide bonds. The summed E-state index contributed by atoms with van der Waals surface area (Å²) >= 11 is 0. The summed E-state index contributed by atoms with van der Waals surface area (Å²) < 4.78 is 0. The molecule has 2 aliphatic carbocycles. The van der Waals surface area contributed by atoms with Crippen LogP contribution in [0.5, 0.6) is 0 Å². The molecule has 0 spiro atoms. The first kappa shape index (κ1) is 24.4. The van der Waals surface area contributed by atoms with Gasteiger partial charge in [-0.3, -0.25) is 9.69 Å². The van der Waals surface area contributed by atoms with E-state index in [0.717, 1.165) is 51.1 Å². The number of likely N-dealkylation sites (N-methyl/N-ethyl adjacent to an activating group) is 1. The molecule has 1 saturated heterocycles. The number of piperazine rings is 1. The van der Waals surface area contributed by atoms with Gasteiger partial charge in [-0.25, -0.2) is 0 Å². The van der Waals surface area contributed by atoms with Gasteiger partial charge in [-0.15, -0.1) is 24.8 Å². The molecule has 2 unspecified atom stereocenters. The van der Waals surface area contributed by atoms with Gasteiger partial charge in [0.25, 0.3) is 5.91 Å². The number of fused-ring (bicyclic) bond motifs is 2. The van der Waals surface area contributed by atoms with Crippen molar-refractivity contribution in [3.63, 3.8) is 0 Å². The lowest BCUT2D eigenvalue weighted by Gasteiger charge is -2.45. The molecule has 3 N–H and O–H groups in total. The van der Waals surface area contributed by atoms with E-state index in [0.29, 0.717) is 23.9 Å². The molecule has 2 bridgehead atoms. The van der Waals surface area contributed by atoms with Crippen LogP contribution in [-0.2, 0) is 6.54 Å². The maximum absolute atomic E-state index is 12.8. The third kappa shape index (κ3) is 6.08. The van der Waals surface area contributed by atoms with Gasteiger partial charge < -0.3 is 16.0 Å². The molecule has 1 aromatic rings. The molecule has 3 aliphatic rings. The number of carbonyl (C=O) groups excluding carboxylic acids is 1. The Hall–Kier alpha value is -0.850. The van der Waals surface area contributed by atoms with Crippen LogP contribution in [0.4, 0.5) is 0 Å². The molecule has 1 heterocycles. The second-order valence-electron chi connectivity index (χ2n) is 8.96. The minimum Gasteiger partial charge on any atom is -0.349 e. The predicted molar refractivity (Wildman–Crippen MR) is 123 cm³/mol. The van der Waals surface area contributed by atoms with E-state index in [1.54, 1.807) is 0 Å². The van der Waals surface area contributed by atoms with Crippen LogP contribution in [0.1, 0.15) is 48.0 Å². The van der Waals surface area contributed by atoms with E-state index < -0.39 is 0 Å². The first-order chi connectivity index (χ1) is 13.1. The number of benzene rings is 1. The van der Waals surface area contributed by atoms with Crippen molar-refractivity contribution in [1.82, 2.24) is 15.1 Å². The van der Waals surface area contributed by atoms with Crippen LogP contribution in [0.3, 0.4) is 0 Å². The summed E-state index contributed by atoms with van der Waals surface area (Å²) in [7, 11) is 2.18. The number of nitrogens with two attached hydrogens (primary N) is 1. The van der Waals surface area contributed by atoms with E-state index in [2.05, 4.69) is 34.3 Å². The molecule has 0 radical (unpaired) electrons. The molecule has 0 aromatic heterocycles. The Balaban J connectivity index is 0.00000150. The monoisotopic (exact) mass is 442 g/mol. The van der Waals surface area contributed by atoms with Crippen LogP contribution < -0.4 is 11.1 Å². The van der Waals surface area contributed by atoms with Crippen molar-refractivity contribution in [2.24, 2.45) is 17.6 Å². The molecule has 7 heteroatoms. The van der Waals surface area contributed by atoms with E-state index in [9.17, 15) is 4.79 Å². The molecule has 4 rings (SSSR count). The lowest BCUT2D eigenvalue weighted by Crippen LogP contribution is -2.53. The summed E-state index contributed by atoms with van der Waals surface area (Å²) in [4.78, 5) is 17.7. The predicted octanol–water partition coefficient (Wildman–Crippen LogP) is 2.91. The summed E-state index contributed by atoms with van der Waals surface area (Å²) in [5, 5.41) is 3.35.